The first-order chi connectivity index (χ1) is 9.70. The molecule has 0 saturated heterocycles. The van der Waals surface area contributed by atoms with Gasteiger partial charge in [-0.2, -0.15) is 5.10 Å². The molecule has 2 aromatic rings. The molecule has 1 aliphatic carbocycles. The van der Waals surface area contributed by atoms with Gasteiger partial charge in [0.05, 0.1) is 24.2 Å². The number of hydrogen-bond acceptors (Lipinski definition) is 3. The third kappa shape index (κ3) is 2.33. The van der Waals surface area contributed by atoms with E-state index >= 15 is 0 Å². The second-order valence-electron chi connectivity index (χ2n) is 5.19. The smallest absolute Gasteiger partial charge is 0.341 e. The Morgan fingerprint density at radius 2 is 2.25 bits per heavy atom. The maximum absolute atomic E-state index is 12.0. The lowest BCUT2D eigenvalue weighted by Gasteiger charge is -2.09. The lowest BCUT2D eigenvalue weighted by Crippen LogP contribution is -2.09. The van der Waals surface area contributed by atoms with Gasteiger partial charge in [-0.15, -0.1) is 0 Å². The van der Waals surface area contributed by atoms with Crippen LogP contribution in [0.25, 0.3) is 5.69 Å². The molecule has 104 valence electrons. The summed E-state index contributed by atoms with van der Waals surface area (Å²) in [5.41, 5.74) is 3.78. The fourth-order valence-corrected chi connectivity index (χ4v) is 2.44. The van der Waals surface area contributed by atoms with Crippen molar-refractivity contribution >= 4 is 5.97 Å². The van der Waals surface area contributed by atoms with Crippen molar-refractivity contribution in [2.45, 2.75) is 32.6 Å². The van der Waals surface area contributed by atoms with E-state index in [4.69, 9.17) is 4.74 Å². The number of ether oxygens (including phenoxy) is 1. The second-order valence-corrected chi connectivity index (χ2v) is 5.19. The van der Waals surface area contributed by atoms with Crippen molar-refractivity contribution in [1.82, 2.24) is 9.78 Å². The van der Waals surface area contributed by atoms with Gasteiger partial charge in [0.25, 0.3) is 0 Å². The van der Waals surface area contributed by atoms with Gasteiger partial charge in [0, 0.05) is 5.92 Å². The minimum Gasteiger partial charge on any atom is -0.462 e. The normalized spacial score (nSPS) is 14.3. The topological polar surface area (TPSA) is 44.1 Å². The van der Waals surface area contributed by atoms with Crippen LogP contribution in [0.4, 0.5) is 0 Å². The van der Waals surface area contributed by atoms with Gasteiger partial charge in [0.2, 0.25) is 0 Å². The first-order valence-electron chi connectivity index (χ1n) is 7.02. The van der Waals surface area contributed by atoms with Crippen LogP contribution in [0.3, 0.4) is 0 Å². The number of nitrogens with zero attached hydrogens (tertiary/aromatic N) is 2. The predicted molar refractivity (Wildman–Crippen MR) is 76.2 cm³/mol. The first kappa shape index (κ1) is 12.9. The summed E-state index contributed by atoms with van der Waals surface area (Å²) in [4.78, 5) is 12.0. The van der Waals surface area contributed by atoms with Gasteiger partial charge < -0.3 is 4.74 Å². The summed E-state index contributed by atoms with van der Waals surface area (Å²) < 4.78 is 7.01. The first-order valence-corrected chi connectivity index (χ1v) is 7.02. The number of carbonyl (C=O) groups is 1. The minimum absolute atomic E-state index is 0.270. The molecule has 0 spiro atoms. The predicted octanol–water partition coefficient (Wildman–Crippen LogP) is 3.23. The number of aryl methyl sites for hydroxylation is 1. The third-order valence-electron chi connectivity index (χ3n) is 3.51. The molecule has 0 amide bonds. The van der Waals surface area contributed by atoms with E-state index in [0.29, 0.717) is 18.1 Å². The van der Waals surface area contributed by atoms with Gasteiger partial charge in [-0.25, -0.2) is 9.48 Å². The van der Waals surface area contributed by atoms with Gasteiger partial charge in [0.15, 0.2) is 0 Å². The number of carbonyl (C=O) groups excluding carboxylic acids is 1. The van der Waals surface area contributed by atoms with E-state index < -0.39 is 0 Å². The highest BCUT2D eigenvalue weighted by Crippen LogP contribution is 2.42. The molecule has 4 heteroatoms. The Balaban J connectivity index is 2.06. The molecule has 1 heterocycles. The second kappa shape index (κ2) is 5.12. The van der Waals surface area contributed by atoms with Crippen molar-refractivity contribution in [2.24, 2.45) is 0 Å². The monoisotopic (exact) mass is 270 g/mol. The quantitative estimate of drug-likeness (QED) is 0.801. The van der Waals surface area contributed by atoms with Gasteiger partial charge in [-0.3, -0.25) is 0 Å². The Morgan fingerprint density at radius 1 is 1.45 bits per heavy atom. The lowest BCUT2D eigenvalue weighted by molar-refractivity contribution is 0.0525. The average Bonchev–Trinajstić information content (AvgIpc) is 3.17. The number of aromatic nitrogens is 2. The number of hydrogen-bond donors (Lipinski definition) is 0. The van der Waals surface area contributed by atoms with Crippen molar-refractivity contribution < 1.29 is 9.53 Å². The van der Waals surface area contributed by atoms with Crippen LogP contribution in [0, 0.1) is 6.92 Å². The van der Waals surface area contributed by atoms with Crippen LogP contribution >= 0.6 is 0 Å². The average molecular weight is 270 g/mol. The number of rotatable bonds is 4. The Kier molecular flexibility index (Phi) is 3.30. The molecule has 0 unspecified atom stereocenters. The van der Waals surface area contributed by atoms with Crippen LogP contribution in [-0.2, 0) is 4.74 Å². The van der Waals surface area contributed by atoms with Gasteiger partial charge in [0.1, 0.15) is 5.56 Å². The van der Waals surface area contributed by atoms with Crippen molar-refractivity contribution in [3.05, 3.63) is 47.3 Å². The molecule has 1 fully saturated rings. The Bertz CT molecular complexity index is 642. The van der Waals surface area contributed by atoms with Crippen LogP contribution in [-0.4, -0.2) is 22.4 Å². The van der Waals surface area contributed by atoms with Crippen LogP contribution in [0.2, 0.25) is 0 Å². The van der Waals surface area contributed by atoms with Crippen LogP contribution in [0.5, 0.6) is 0 Å². The highest BCUT2D eigenvalue weighted by atomic mass is 16.5. The van der Waals surface area contributed by atoms with Crippen molar-refractivity contribution in [1.29, 1.82) is 0 Å². The molecule has 1 aromatic heterocycles. The zero-order valence-electron chi connectivity index (χ0n) is 11.8. The number of benzene rings is 1. The fourth-order valence-electron chi connectivity index (χ4n) is 2.44. The van der Waals surface area contributed by atoms with Crippen LogP contribution in [0.1, 0.15) is 47.3 Å². The molecule has 1 aliphatic rings. The molecule has 1 saturated carbocycles. The lowest BCUT2D eigenvalue weighted by atomic mass is 10.1. The largest absolute Gasteiger partial charge is 0.462 e. The van der Waals surface area contributed by atoms with Crippen LogP contribution < -0.4 is 0 Å². The highest BCUT2D eigenvalue weighted by molar-refractivity contribution is 5.91. The van der Waals surface area contributed by atoms with E-state index in [0.717, 1.165) is 24.2 Å². The molecule has 0 aliphatic heterocycles. The van der Waals surface area contributed by atoms with Crippen molar-refractivity contribution in [3.63, 3.8) is 0 Å². The minimum atomic E-state index is -0.270. The van der Waals surface area contributed by atoms with Gasteiger partial charge in [-0.1, -0.05) is 12.1 Å². The Morgan fingerprint density at radius 3 is 2.90 bits per heavy atom. The molecule has 0 N–H and O–H groups in total. The summed E-state index contributed by atoms with van der Waals surface area (Å²) in [6.45, 7) is 4.26. The summed E-state index contributed by atoms with van der Waals surface area (Å²) in [5, 5.41) is 4.41. The van der Waals surface area contributed by atoms with E-state index in [9.17, 15) is 4.79 Å². The van der Waals surface area contributed by atoms with E-state index in [1.807, 2.05) is 23.7 Å². The summed E-state index contributed by atoms with van der Waals surface area (Å²) in [6, 6.07) is 8.15. The Hall–Kier alpha value is -2.10. The fraction of sp³-hybridized carbons (Fsp3) is 0.375. The van der Waals surface area contributed by atoms with Gasteiger partial charge >= 0.3 is 5.97 Å². The SMILES string of the molecule is CCOC(=O)c1cnn(-c2cccc(C)c2)c1C1CC1. The van der Waals surface area contributed by atoms with Crippen LogP contribution in [0.15, 0.2) is 30.5 Å². The molecule has 3 rings (SSSR count). The molecule has 0 bridgehead atoms. The summed E-state index contributed by atoms with van der Waals surface area (Å²) >= 11 is 0. The van der Waals surface area contributed by atoms with E-state index in [-0.39, 0.29) is 5.97 Å². The molecule has 20 heavy (non-hydrogen) atoms. The zero-order valence-corrected chi connectivity index (χ0v) is 11.8. The Labute approximate surface area is 118 Å². The standard InChI is InChI=1S/C16H18N2O2/c1-3-20-16(19)14-10-17-18(15(14)12-7-8-12)13-6-4-5-11(2)9-13/h4-6,9-10,12H,3,7-8H2,1-2H3. The van der Waals surface area contributed by atoms with Crippen molar-refractivity contribution in [3.8, 4) is 5.69 Å². The molecule has 0 radical (unpaired) electrons. The molecular formula is C16H18N2O2. The third-order valence-corrected chi connectivity index (χ3v) is 3.51. The number of esters is 1. The summed E-state index contributed by atoms with van der Waals surface area (Å²) in [6.07, 6.45) is 3.86. The van der Waals surface area contributed by atoms with Crippen molar-refractivity contribution in [2.75, 3.05) is 6.61 Å². The van der Waals surface area contributed by atoms with E-state index in [2.05, 4.69) is 24.2 Å². The molecule has 4 nitrogen and oxygen atoms in total. The summed E-state index contributed by atoms with van der Waals surface area (Å²) in [5.74, 6) is 0.158. The maximum atomic E-state index is 12.0. The summed E-state index contributed by atoms with van der Waals surface area (Å²) in [7, 11) is 0. The van der Waals surface area contributed by atoms with E-state index in [1.54, 1.807) is 6.20 Å². The van der Waals surface area contributed by atoms with Gasteiger partial charge in [-0.05, 0) is 44.4 Å². The highest BCUT2D eigenvalue weighted by Gasteiger charge is 2.33. The molecular weight excluding hydrogens is 252 g/mol. The maximum Gasteiger partial charge on any atom is 0.341 e. The molecule has 1 aromatic carbocycles. The zero-order chi connectivity index (χ0) is 14.1. The molecule has 0 atom stereocenters. The van der Waals surface area contributed by atoms with E-state index in [1.165, 1.54) is 5.56 Å².